The van der Waals surface area contributed by atoms with Gasteiger partial charge in [-0.15, -0.1) is 11.3 Å². The van der Waals surface area contributed by atoms with Gasteiger partial charge in [0.15, 0.2) is 0 Å². The molecule has 6 nitrogen and oxygen atoms in total. The van der Waals surface area contributed by atoms with E-state index in [0.717, 1.165) is 11.3 Å². The van der Waals surface area contributed by atoms with Crippen LogP contribution in [0.1, 0.15) is 29.7 Å². The number of carboxylic acids is 1. The lowest BCUT2D eigenvalue weighted by molar-refractivity contribution is 0.0538. The number of thiophene rings is 2. The molecule has 2 amide bonds. The molecular weight excluding hydrogens is 336 g/mol. The standard InChI is InChI=1S/C15H14N2O4S2/c18-13(10-3-8-22-9-10)16-4-6-17(7-5-16)14(19)11-1-2-12(23-11)15(20)21/h1-3,8-9H,4-7H2,(H,20,21). The molecular formula is C15H14N2O4S2. The second kappa shape index (κ2) is 6.51. The van der Waals surface area contributed by atoms with E-state index >= 15 is 0 Å². The minimum atomic E-state index is -1.03. The third-order valence-corrected chi connectivity index (χ3v) is 5.39. The van der Waals surface area contributed by atoms with Crippen molar-refractivity contribution >= 4 is 40.5 Å². The quantitative estimate of drug-likeness (QED) is 0.920. The zero-order valence-corrected chi connectivity index (χ0v) is 13.7. The number of nitrogens with zero attached hydrogens (tertiary/aromatic N) is 2. The molecule has 0 unspecified atom stereocenters. The summed E-state index contributed by atoms with van der Waals surface area (Å²) in [6.45, 7) is 1.87. The predicted molar refractivity (Wildman–Crippen MR) is 87.4 cm³/mol. The highest BCUT2D eigenvalue weighted by Crippen LogP contribution is 2.20. The van der Waals surface area contributed by atoms with E-state index in [2.05, 4.69) is 0 Å². The Hall–Kier alpha value is -2.19. The van der Waals surface area contributed by atoms with Gasteiger partial charge in [0.05, 0.1) is 10.4 Å². The minimum absolute atomic E-state index is 0.0114. The maximum Gasteiger partial charge on any atom is 0.345 e. The molecule has 0 radical (unpaired) electrons. The lowest BCUT2D eigenvalue weighted by Gasteiger charge is -2.34. The molecule has 120 valence electrons. The fraction of sp³-hybridized carbons (Fsp3) is 0.267. The molecule has 0 aliphatic carbocycles. The highest BCUT2D eigenvalue weighted by atomic mass is 32.1. The number of carbonyl (C=O) groups excluding carboxylic acids is 2. The summed E-state index contributed by atoms with van der Waals surface area (Å²) >= 11 is 2.46. The summed E-state index contributed by atoms with van der Waals surface area (Å²) in [5.74, 6) is -1.21. The third-order valence-electron chi connectivity index (χ3n) is 3.65. The van der Waals surface area contributed by atoms with Gasteiger partial charge in [-0.05, 0) is 23.6 Å². The van der Waals surface area contributed by atoms with Crippen LogP contribution in [0.5, 0.6) is 0 Å². The Morgan fingerprint density at radius 2 is 1.52 bits per heavy atom. The van der Waals surface area contributed by atoms with Gasteiger partial charge in [0.1, 0.15) is 4.88 Å². The zero-order valence-electron chi connectivity index (χ0n) is 12.1. The SMILES string of the molecule is O=C(O)c1ccc(C(=O)N2CCN(C(=O)c3ccsc3)CC2)s1. The third kappa shape index (κ3) is 3.27. The molecule has 1 fully saturated rings. The molecule has 23 heavy (non-hydrogen) atoms. The largest absolute Gasteiger partial charge is 0.477 e. The van der Waals surface area contributed by atoms with Crippen molar-refractivity contribution in [1.29, 1.82) is 0 Å². The van der Waals surface area contributed by atoms with E-state index in [9.17, 15) is 14.4 Å². The maximum absolute atomic E-state index is 12.4. The van der Waals surface area contributed by atoms with E-state index < -0.39 is 5.97 Å². The van der Waals surface area contributed by atoms with Crippen LogP contribution in [-0.4, -0.2) is 58.9 Å². The van der Waals surface area contributed by atoms with Gasteiger partial charge in [-0.2, -0.15) is 11.3 Å². The molecule has 3 heterocycles. The molecule has 0 bridgehead atoms. The van der Waals surface area contributed by atoms with Gasteiger partial charge in [-0.25, -0.2) is 4.79 Å². The normalized spacial score (nSPS) is 14.8. The van der Waals surface area contributed by atoms with Gasteiger partial charge in [0, 0.05) is 31.6 Å². The van der Waals surface area contributed by atoms with E-state index in [4.69, 9.17) is 5.11 Å². The molecule has 1 aliphatic heterocycles. The summed E-state index contributed by atoms with van der Waals surface area (Å²) in [5, 5.41) is 12.6. The van der Waals surface area contributed by atoms with Gasteiger partial charge >= 0.3 is 5.97 Å². The van der Waals surface area contributed by atoms with Gasteiger partial charge in [0.2, 0.25) is 0 Å². The van der Waals surface area contributed by atoms with Gasteiger partial charge < -0.3 is 14.9 Å². The first-order chi connectivity index (χ1) is 11.1. The van der Waals surface area contributed by atoms with Crippen LogP contribution >= 0.6 is 22.7 Å². The van der Waals surface area contributed by atoms with Crippen LogP contribution in [0.25, 0.3) is 0 Å². The summed E-state index contributed by atoms with van der Waals surface area (Å²) in [7, 11) is 0. The number of rotatable bonds is 3. The molecule has 1 saturated heterocycles. The number of carboxylic acid groups (broad SMARTS) is 1. The zero-order chi connectivity index (χ0) is 16.4. The topological polar surface area (TPSA) is 77.9 Å². The van der Waals surface area contributed by atoms with Crippen LogP contribution in [0, 0.1) is 0 Å². The molecule has 1 aliphatic rings. The fourth-order valence-corrected chi connectivity index (χ4v) is 3.85. The molecule has 0 aromatic carbocycles. The van der Waals surface area contributed by atoms with Crippen LogP contribution in [0.2, 0.25) is 0 Å². The predicted octanol–water partition coefficient (Wildman–Crippen LogP) is 2.11. The van der Waals surface area contributed by atoms with Crippen LogP contribution in [0.4, 0.5) is 0 Å². The van der Waals surface area contributed by atoms with E-state index in [0.29, 0.717) is 36.6 Å². The van der Waals surface area contributed by atoms with Crippen LogP contribution < -0.4 is 0 Å². The van der Waals surface area contributed by atoms with E-state index in [1.807, 2.05) is 10.8 Å². The van der Waals surface area contributed by atoms with Crippen molar-refractivity contribution in [2.45, 2.75) is 0 Å². The second-order valence-corrected chi connectivity index (χ2v) is 6.93. The molecule has 0 saturated carbocycles. The Morgan fingerprint density at radius 3 is 2.04 bits per heavy atom. The summed E-state index contributed by atoms with van der Waals surface area (Å²) in [6.07, 6.45) is 0. The first kappa shape index (κ1) is 15.7. The van der Waals surface area contributed by atoms with Gasteiger partial charge in [-0.1, -0.05) is 0 Å². The first-order valence-electron chi connectivity index (χ1n) is 7.00. The lowest BCUT2D eigenvalue weighted by atomic mass is 10.2. The summed E-state index contributed by atoms with van der Waals surface area (Å²) in [6, 6.07) is 4.78. The molecule has 3 rings (SSSR count). The Labute approximate surface area is 140 Å². The molecule has 2 aromatic rings. The Balaban J connectivity index is 1.61. The minimum Gasteiger partial charge on any atom is -0.477 e. The van der Waals surface area contributed by atoms with Gasteiger partial charge in [0.25, 0.3) is 11.8 Å². The number of carbonyl (C=O) groups is 3. The van der Waals surface area contributed by atoms with Crippen molar-refractivity contribution < 1.29 is 19.5 Å². The van der Waals surface area contributed by atoms with Crippen LogP contribution in [-0.2, 0) is 0 Å². The smallest absolute Gasteiger partial charge is 0.345 e. The first-order valence-corrected chi connectivity index (χ1v) is 8.76. The van der Waals surface area contributed by atoms with E-state index in [1.54, 1.807) is 21.9 Å². The summed E-state index contributed by atoms with van der Waals surface area (Å²) in [5.41, 5.74) is 0.680. The Kier molecular flexibility index (Phi) is 4.44. The number of hydrogen-bond donors (Lipinski definition) is 1. The monoisotopic (exact) mass is 350 g/mol. The average molecular weight is 350 g/mol. The highest BCUT2D eigenvalue weighted by molar-refractivity contribution is 7.15. The summed E-state index contributed by atoms with van der Waals surface area (Å²) in [4.78, 5) is 39.5. The van der Waals surface area contributed by atoms with Crippen molar-refractivity contribution in [3.05, 3.63) is 44.3 Å². The molecule has 2 aromatic heterocycles. The van der Waals surface area contributed by atoms with Crippen LogP contribution in [0.15, 0.2) is 29.0 Å². The van der Waals surface area contributed by atoms with Crippen molar-refractivity contribution in [1.82, 2.24) is 9.80 Å². The number of amides is 2. The second-order valence-electron chi connectivity index (χ2n) is 5.07. The number of piperazine rings is 1. The summed E-state index contributed by atoms with van der Waals surface area (Å²) < 4.78 is 0. The highest BCUT2D eigenvalue weighted by Gasteiger charge is 2.26. The molecule has 0 spiro atoms. The molecule has 1 N–H and O–H groups in total. The lowest BCUT2D eigenvalue weighted by Crippen LogP contribution is -2.50. The van der Waals surface area contributed by atoms with E-state index in [1.165, 1.54) is 17.4 Å². The fourth-order valence-electron chi connectivity index (χ4n) is 2.40. The Bertz CT molecular complexity index is 731. The number of hydrogen-bond acceptors (Lipinski definition) is 5. The Morgan fingerprint density at radius 1 is 0.913 bits per heavy atom. The maximum atomic E-state index is 12.4. The van der Waals surface area contributed by atoms with Crippen molar-refractivity contribution in [3.63, 3.8) is 0 Å². The van der Waals surface area contributed by atoms with Crippen molar-refractivity contribution in [2.75, 3.05) is 26.2 Å². The van der Waals surface area contributed by atoms with Gasteiger partial charge in [-0.3, -0.25) is 9.59 Å². The number of aromatic carboxylic acids is 1. The van der Waals surface area contributed by atoms with E-state index in [-0.39, 0.29) is 16.7 Å². The van der Waals surface area contributed by atoms with Crippen LogP contribution in [0.3, 0.4) is 0 Å². The molecule has 0 atom stereocenters. The molecule has 8 heteroatoms. The van der Waals surface area contributed by atoms with Crippen molar-refractivity contribution in [2.24, 2.45) is 0 Å². The van der Waals surface area contributed by atoms with Crippen molar-refractivity contribution in [3.8, 4) is 0 Å². The average Bonchev–Trinajstić information content (AvgIpc) is 3.25.